The number of hydrogen-bond donors (Lipinski definition) is 1. The second-order valence-corrected chi connectivity index (χ2v) is 7.67. The normalized spacial score (nSPS) is 14.6. The van der Waals surface area contributed by atoms with Crippen LogP contribution in [0.15, 0.2) is 66.9 Å². The lowest BCUT2D eigenvalue weighted by Crippen LogP contribution is -2.29. The molecule has 2 aromatic carbocycles. The zero-order valence-corrected chi connectivity index (χ0v) is 17.4. The van der Waals surface area contributed by atoms with Crippen molar-refractivity contribution in [2.45, 2.75) is 38.5 Å². The number of aryl methyl sites for hydroxylation is 1. The van der Waals surface area contributed by atoms with Crippen molar-refractivity contribution in [1.29, 1.82) is 0 Å². The third kappa shape index (κ3) is 5.27. The highest BCUT2D eigenvalue weighted by Crippen LogP contribution is 2.23. The number of benzene rings is 2. The van der Waals surface area contributed by atoms with Crippen LogP contribution < -0.4 is 0 Å². The lowest BCUT2D eigenvalue weighted by Gasteiger charge is -2.26. The van der Waals surface area contributed by atoms with E-state index in [1.165, 1.54) is 79.2 Å². The summed E-state index contributed by atoms with van der Waals surface area (Å²) in [6.07, 6.45) is 12.3. The van der Waals surface area contributed by atoms with Crippen LogP contribution in [0.2, 0.25) is 0 Å². The van der Waals surface area contributed by atoms with Gasteiger partial charge in [0, 0.05) is 30.2 Å². The van der Waals surface area contributed by atoms with Crippen molar-refractivity contribution < 1.29 is 0 Å². The van der Waals surface area contributed by atoms with E-state index in [-0.39, 0.29) is 12.4 Å². The van der Waals surface area contributed by atoms with Crippen LogP contribution in [-0.4, -0.2) is 29.5 Å². The summed E-state index contributed by atoms with van der Waals surface area (Å²) < 4.78 is 0. The van der Waals surface area contributed by atoms with Gasteiger partial charge in [0.25, 0.3) is 0 Å². The number of aromatic amines is 1. The van der Waals surface area contributed by atoms with Gasteiger partial charge in [-0.15, -0.1) is 12.4 Å². The molecular weight excluding hydrogens is 364 g/mol. The van der Waals surface area contributed by atoms with E-state index in [0.29, 0.717) is 0 Å². The quantitative estimate of drug-likeness (QED) is 0.433. The number of H-pyrrole nitrogens is 1. The van der Waals surface area contributed by atoms with E-state index in [2.05, 4.69) is 76.8 Å². The molecule has 0 radical (unpaired) electrons. The summed E-state index contributed by atoms with van der Waals surface area (Å²) in [4.78, 5) is 5.99. The summed E-state index contributed by atoms with van der Waals surface area (Å²) in [5, 5.41) is 1.40. The molecule has 1 aliphatic rings. The SMILES string of the molecule is C1=C(c2ccccc2)CCN(CCCCCCc2c[nH]c3ccccc23)C1.Cl. The topological polar surface area (TPSA) is 19.0 Å². The zero-order chi connectivity index (χ0) is 18.3. The molecule has 0 saturated heterocycles. The molecule has 0 fully saturated rings. The fraction of sp³-hybridized carbons (Fsp3) is 0.360. The van der Waals surface area contributed by atoms with Crippen molar-refractivity contribution in [3.8, 4) is 0 Å². The fourth-order valence-electron chi connectivity index (χ4n) is 4.17. The molecule has 0 amide bonds. The molecular formula is C25H31ClN2. The van der Waals surface area contributed by atoms with E-state index < -0.39 is 0 Å². The van der Waals surface area contributed by atoms with Gasteiger partial charge >= 0.3 is 0 Å². The molecule has 0 aliphatic carbocycles. The van der Waals surface area contributed by atoms with Gasteiger partial charge in [-0.05, 0) is 55.0 Å². The fourth-order valence-corrected chi connectivity index (χ4v) is 4.17. The molecule has 1 N–H and O–H groups in total. The molecule has 1 aromatic heterocycles. The summed E-state index contributed by atoms with van der Waals surface area (Å²) in [6.45, 7) is 3.56. The van der Waals surface area contributed by atoms with Gasteiger partial charge in [0.05, 0.1) is 0 Å². The average Bonchev–Trinajstić information content (AvgIpc) is 3.15. The second-order valence-electron chi connectivity index (χ2n) is 7.67. The Morgan fingerprint density at radius 1 is 0.857 bits per heavy atom. The number of nitrogens with one attached hydrogen (secondary N) is 1. The minimum absolute atomic E-state index is 0. The molecule has 0 spiro atoms. The van der Waals surface area contributed by atoms with E-state index in [0.717, 1.165) is 6.54 Å². The number of rotatable bonds is 8. The number of unbranched alkanes of at least 4 members (excludes halogenated alkanes) is 3. The number of aromatic nitrogens is 1. The van der Waals surface area contributed by atoms with Crippen LogP contribution in [0.25, 0.3) is 16.5 Å². The Morgan fingerprint density at radius 2 is 1.64 bits per heavy atom. The van der Waals surface area contributed by atoms with Crippen LogP contribution in [-0.2, 0) is 6.42 Å². The number of nitrogens with zero attached hydrogens (tertiary/aromatic N) is 1. The first-order chi connectivity index (χ1) is 13.4. The molecule has 0 saturated carbocycles. The van der Waals surface area contributed by atoms with E-state index in [1.54, 1.807) is 0 Å². The molecule has 3 aromatic rings. The largest absolute Gasteiger partial charge is 0.361 e. The summed E-state index contributed by atoms with van der Waals surface area (Å²) in [5.41, 5.74) is 5.65. The van der Waals surface area contributed by atoms with Crippen LogP contribution in [0.4, 0.5) is 0 Å². The average molecular weight is 395 g/mol. The standard InChI is InChI=1S/C25H30N2.ClH/c1(4-12-23-20-26-25-14-8-7-13-24(23)25)2-9-17-27-18-15-22(16-19-27)21-10-5-3-6-11-21;/h3,5-8,10-11,13-15,20,26H,1-2,4,9,12,16-19H2;1H. The Labute approximate surface area is 175 Å². The predicted molar refractivity (Wildman–Crippen MR) is 123 cm³/mol. The van der Waals surface area contributed by atoms with Crippen LogP contribution in [0.3, 0.4) is 0 Å². The maximum atomic E-state index is 3.39. The number of para-hydroxylation sites is 1. The van der Waals surface area contributed by atoms with E-state index >= 15 is 0 Å². The molecule has 3 heteroatoms. The number of fused-ring (bicyclic) bond motifs is 1. The maximum Gasteiger partial charge on any atom is 0.0456 e. The minimum Gasteiger partial charge on any atom is -0.361 e. The van der Waals surface area contributed by atoms with Crippen molar-refractivity contribution in [2.75, 3.05) is 19.6 Å². The minimum atomic E-state index is 0. The lowest BCUT2D eigenvalue weighted by molar-refractivity contribution is 0.293. The second kappa shape index (κ2) is 10.5. The number of hydrogen-bond acceptors (Lipinski definition) is 1. The highest BCUT2D eigenvalue weighted by Gasteiger charge is 2.12. The van der Waals surface area contributed by atoms with Gasteiger partial charge < -0.3 is 4.98 Å². The summed E-state index contributed by atoms with van der Waals surface area (Å²) in [7, 11) is 0. The van der Waals surface area contributed by atoms with Crippen LogP contribution in [0.1, 0.15) is 43.2 Å². The third-order valence-corrected chi connectivity index (χ3v) is 5.78. The Hall–Kier alpha value is -2.03. The van der Waals surface area contributed by atoms with Crippen molar-refractivity contribution in [3.05, 3.63) is 78.0 Å². The highest BCUT2D eigenvalue weighted by atomic mass is 35.5. The van der Waals surface area contributed by atoms with Gasteiger partial charge in [-0.1, -0.05) is 67.4 Å². The predicted octanol–water partition coefficient (Wildman–Crippen LogP) is 6.48. The summed E-state index contributed by atoms with van der Waals surface area (Å²) >= 11 is 0. The van der Waals surface area contributed by atoms with Gasteiger partial charge in [-0.25, -0.2) is 0 Å². The van der Waals surface area contributed by atoms with Gasteiger partial charge in [0.15, 0.2) is 0 Å². The third-order valence-electron chi connectivity index (χ3n) is 5.78. The number of halogens is 1. The highest BCUT2D eigenvalue weighted by molar-refractivity contribution is 5.85. The molecule has 4 rings (SSSR count). The molecule has 1 aliphatic heterocycles. The Kier molecular flexibility index (Phi) is 7.76. The molecule has 148 valence electrons. The van der Waals surface area contributed by atoms with E-state index in [1.807, 2.05) is 0 Å². The van der Waals surface area contributed by atoms with E-state index in [4.69, 9.17) is 0 Å². The van der Waals surface area contributed by atoms with Crippen LogP contribution in [0, 0.1) is 0 Å². The van der Waals surface area contributed by atoms with Crippen LogP contribution in [0.5, 0.6) is 0 Å². The Bertz CT molecular complexity index is 882. The lowest BCUT2D eigenvalue weighted by atomic mass is 9.99. The summed E-state index contributed by atoms with van der Waals surface area (Å²) in [6, 6.07) is 19.5. The smallest absolute Gasteiger partial charge is 0.0456 e. The van der Waals surface area contributed by atoms with Crippen molar-refractivity contribution in [2.24, 2.45) is 0 Å². The Balaban J connectivity index is 0.00000225. The van der Waals surface area contributed by atoms with Crippen molar-refractivity contribution >= 4 is 28.9 Å². The molecule has 2 nitrogen and oxygen atoms in total. The van der Waals surface area contributed by atoms with Crippen LogP contribution >= 0.6 is 12.4 Å². The molecule has 2 heterocycles. The van der Waals surface area contributed by atoms with Gasteiger partial charge in [-0.3, -0.25) is 4.90 Å². The first-order valence-electron chi connectivity index (χ1n) is 10.4. The maximum absolute atomic E-state index is 3.39. The molecule has 0 atom stereocenters. The van der Waals surface area contributed by atoms with Crippen molar-refractivity contribution in [1.82, 2.24) is 9.88 Å². The Morgan fingerprint density at radius 3 is 2.46 bits per heavy atom. The summed E-state index contributed by atoms with van der Waals surface area (Å²) in [5.74, 6) is 0. The first-order valence-corrected chi connectivity index (χ1v) is 10.4. The van der Waals surface area contributed by atoms with Gasteiger partial charge in [0.2, 0.25) is 0 Å². The first kappa shape index (κ1) is 20.7. The van der Waals surface area contributed by atoms with E-state index in [9.17, 15) is 0 Å². The molecule has 0 unspecified atom stereocenters. The van der Waals surface area contributed by atoms with Gasteiger partial charge in [-0.2, -0.15) is 0 Å². The molecule has 0 bridgehead atoms. The monoisotopic (exact) mass is 394 g/mol. The zero-order valence-electron chi connectivity index (χ0n) is 16.6. The van der Waals surface area contributed by atoms with Crippen molar-refractivity contribution in [3.63, 3.8) is 0 Å². The molecule has 28 heavy (non-hydrogen) atoms. The van der Waals surface area contributed by atoms with Gasteiger partial charge in [0.1, 0.15) is 0 Å².